The number of hydrogen-bond acceptors (Lipinski definition) is 0. The predicted molar refractivity (Wildman–Crippen MR) is 318 cm³/mol. The second kappa shape index (κ2) is 19.6. The summed E-state index contributed by atoms with van der Waals surface area (Å²) in [7, 11) is 0. The molecule has 2 atom stereocenters. The van der Waals surface area contributed by atoms with Gasteiger partial charge < -0.3 is 0 Å². The maximum absolute atomic E-state index is 2.79. The second-order valence-corrected chi connectivity index (χ2v) is 48.8. The van der Waals surface area contributed by atoms with Crippen molar-refractivity contribution in [2.45, 2.75) is 179 Å². The standard InChI is InChI=1S/2C34H41.C2H7Si.Zr/c2*1-32(2,3)22-23-20-30-28(24-10-14-26(15-11-24)33(4,5)6)18-19-29(31(30)21-23)25-12-16-27(17-13-25)34(7,8)9;1-3-2;/h2*10-21H,22H2,1-9H3;3H,1-2H3;. The van der Waals surface area contributed by atoms with E-state index < -0.39 is 26.8 Å². The molecule has 2 aliphatic carbocycles. The molecule has 6 aromatic carbocycles. The van der Waals surface area contributed by atoms with Gasteiger partial charge in [0.2, 0.25) is 0 Å². The van der Waals surface area contributed by atoms with Crippen molar-refractivity contribution >= 4 is 18.1 Å². The first-order chi connectivity index (χ1) is 33.3. The molecule has 0 nitrogen and oxygen atoms in total. The van der Waals surface area contributed by atoms with Crippen LogP contribution in [0.2, 0.25) is 13.1 Å². The molecule has 2 aliphatic rings. The summed E-state index contributed by atoms with van der Waals surface area (Å²) in [6.07, 6.45) is 7.71. The van der Waals surface area contributed by atoms with E-state index in [-0.39, 0.29) is 32.5 Å². The van der Waals surface area contributed by atoms with Gasteiger partial charge in [-0.1, -0.05) is 0 Å². The fourth-order valence-electron chi connectivity index (χ4n) is 11.8. The van der Waals surface area contributed by atoms with Crippen LogP contribution in [0.1, 0.15) is 189 Å². The summed E-state index contributed by atoms with van der Waals surface area (Å²) in [5.74, 6) is -1.33. The van der Waals surface area contributed by atoms with Gasteiger partial charge in [-0.3, -0.25) is 0 Å². The van der Waals surface area contributed by atoms with Crippen LogP contribution in [0.15, 0.2) is 132 Å². The van der Waals surface area contributed by atoms with Gasteiger partial charge in [0.05, 0.1) is 0 Å². The summed E-state index contributed by atoms with van der Waals surface area (Å²) in [6.45, 7) is 48.4. The van der Waals surface area contributed by atoms with E-state index in [9.17, 15) is 0 Å². The van der Waals surface area contributed by atoms with E-state index in [1.54, 1.807) is 22.3 Å². The van der Waals surface area contributed by atoms with Crippen molar-refractivity contribution in [2.75, 3.05) is 0 Å². The van der Waals surface area contributed by atoms with E-state index in [4.69, 9.17) is 0 Å². The Hall–Kier alpha value is -4.10. The van der Waals surface area contributed by atoms with Crippen molar-refractivity contribution in [2.24, 2.45) is 10.8 Å². The van der Waals surface area contributed by atoms with Crippen molar-refractivity contribution in [3.8, 4) is 44.5 Å². The van der Waals surface area contributed by atoms with Crippen LogP contribution in [-0.4, -0.2) is 5.92 Å². The third kappa shape index (κ3) is 11.4. The third-order valence-corrected chi connectivity index (χ3v) is 37.2. The van der Waals surface area contributed by atoms with Gasteiger partial charge in [0.1, 0.15) is 0 Å². The zero-order valence-corrected chi connectivity index (χ0v) is 52.0. The molecule has 0 amide bonds. The van der Waals surface area contributed by atoms with Crippen molar-refractivity contribution in [3.05, 3.63) is 177 Å². The Morgan fingerprint density at radius 3 is 0.792 bits per heavy atom. The quantitative estimate of drug-likeness (QED) is 0.127. The Labute approximate surface area is 447 Å². The fourth-order valence-corrected chi connectivity index (χ4v) is 34.5. The number of hydrogen-bond donors (Lipinski definition) is 0. The van der Waals surface area contributed by atoms with Gasteiger partial charge >= 0.3 is 451 Å². The first-order valence-corrected chi connectivity index (χ1v) is 37.3. The summed E-state index contributed by atoms with van der Waals surface area (Å²) in [5, 5.41) is 0. The summed E-state index contributed by atoms with van der Waals surface area (Å²) in [5.41, 5.74) is 26.9. The first-order valence-electron chi connectivity index (χ1n) is 27.4. The summed E-state index contributed by atoms with van der Waals surface area (Å²) in [4.78, 5) is 0. The molecule has 0 bridgehead atoms. The van der Waals surface area contributed by atoms with Gasteiger partial charge in [-0.05, 0) is 0 Å². The molecule has 6 aromatic rings. The Morgan fingerprint density at radius 1 is 0.333 bits per heavy atom. The van der Waals surface area contributed by atoms with Crippen molar-refractivity contribution in [1.82, 2.24) is 0 Å². The monoisotopic (exact) mass is 1050 g/mol. The summed E-state index contributed by atoms with van der Waals surface area (Å²) >= 11 is -2.79. The predicted octanol–water partition coefficient (Wildman–Crippen LogP) is 20.6. The minimum absolute atomic E-state index is 0.0849. The molecule has 0 fully saturated rings. The summed E-state index contributed by atoms with van der Waals surface area (Å²) < 4.78 is 0.897. The molecule has 2 heteroatoms. The molecule has 377 valence electrons. The average molecular weight is 1050 g/mol. The molecule has 0 saturated carbocycles. The number of rotatable bonds is 9. The van der Waals surface area contributed by atoms with Gasteiger partial charge in [-0.15, -0.1) is 0 Å². The van der Waals surface area contributed by atoms with E-state index >= 15 is 0 Å². The van der Waals surface area contributed by atoms with Crippen LogP contribution in [-0.2, 0) is 42.6 Å². The molecule has 72 heavy (non-hydrogen) atoms. The van der Waals surface area contributed by atoms with Crippen LogP contribution < -0.4 is 0 Å². The Kier molecular flexibility index (Phi) is 14.7. The van der Waals surface area contributed by atoms with Gasteiger partial charge in [0.15, 0.2) is 0 Å². The Bertz CT molecular complexity index is 2780. The maximum atomic E-state index is 2.77. The van der Waals surface area contributed by atoms with E-state index in [2.05, 4.69) is 271 Å². The number of allylic oxidation sites excluding steroid dienone is 2. The fraction of sp³-hybridized carbons (Fsp3) is 0.429. The van der Waals surface area contributed by atoms with Gasteiger partial charge in [0.25, 0.3) is 0 Å². The first kappa shape index (κ1) is 54.2. The molecular weight excluding hydrogens is 960 g/mol. The van der Waals surface area contributed by atoms with Gasteiger partial charge in [-0.25, -0.2) is 0 Å². The van der Waals surface area contributed by atoms with Crippen molar-refractivity contribution in [3.63, 3.8) is 0 Å². The van der Waals surface area contributed by atoms with Gasteiger partial charge in [-0.2, -0.15) is 0 Å². The van der Waals surface area contributed by atoms with Gasteiger partial charge in [0, 0.05) is 0 Å². The average Bonchev–Trinajstić information content (AvgIpc) is 3.81. The zero-order valence-electron chi connectivity index (χ0n) is 48.3. The van der Waals surface area contributed by atoms with E-state index in [0.717, 1.165) is 12.8 Å². The van der Waals surface area contributed by atoms with E-state index in [1.807, 2.05) is 0 Å². The summed E-state index contributed by atoms with van der Waals surface area (Å²) in [6, 6.07) is 48.7. The SMILES string of the molecule is C[SiH](C)[Zr]([CH]1C(CC(C)(C)C)=Cc2c(-c3ccc(C(C)(C)C)cc3)ccc(-c3ccc(C(C)(C)C)cc3)c21)[CH]1C(CC(C)(C)C)=Cc2c(-c3ccc(C(C)(C)C)cc3)ccc(-c3ccc(C(C)(C)C)cc3)c21. The molecule has 0 saturated heterocycles. The van der Waals surface area contributed by atoms with Crippen LogP contribution >= 0.6 is 0 Å². The van der Waals surface area contributed by atoms with Crippen molar-refractivity contribution < 1.29 is 20.9 Å². The topological polar surface area (TPSA) is 0 Å². The van der Waals surface area contributed by atoms with Crippen molar-refractivity contribution in [1.29, 1.82) is 0 Å². The molecule has 0 heterocycles. The van der Waals surface area contributed by atoms with Crippen LogP contribution in [0.5, 0.6) is 0 Å². The molecule has 0 aliphatic heterocycles. The van der Waals surface area contributed by atoms with Crippen LogP contribution in [0, 0.1) is 10.8 Å². The number of fused-ring (bicyclic) bond motifs is 2. The molecule has 8 rings (SSSR count). The number of benzene rings is 6. The second-order valence-electron chi connectivity index (χ2n) is 28.7. The molecule has 2 unspecified atom stereocenters. The molecule has 0 aromatic heterocycles. The zero-order chi connectivity index (χ0) is 52.7. The van der Waals surface area contributed by atoms with Crippen LogP contribution in [0.25, 0.3) is 56.7 Å². The molecule has 0 radical (unpaired) electrons. The normalized spacial score (nSPS) is 16.5. The molecular formula is C70H89SiZr. The Balaban J connectivity index is 1.45. The molecule has 0 N–H and O–H groups in total. The third-order valence-electron chi connectivity index (χ3n) is 15.6. The van der Waals surface area contributed by atoms with Crippen LogP contribution in [0.4, 0.5) is 0 Å². The van der Waals surface area contributed by atoms with E-state index in [1.165, 1.54) is 77.9 Å². The van der Waals surface area contributed by atoms with Crippen LogP contribution in [0.3, 0.4) is 0 Å². The molecule has 0 spiro atoms. The minimum atomic E-state index is -2.79. The van der Waals surface area contributed by atoms with E-state index in [0.29, 0.717) is 7.25 Å². The Morgan fingerprint density at radius 2 is 0.569 bits per heavy atom.